The van der Waals surface area contributed by atoms with Gasteiger partial charge in [-0.15, -0.1) is 0 Å². The summed E-state index contributed by atoms with van der Waals surface area (Å²) in [6.45, 7) is 3.95. The second kappa shape index (κ2) is 10.2. The third-order valence-corrected chi connectivity index (χ3v) is 7.70. The van der Waals surface area contributed by atoms with Crippen molar-refractivity contribution < 1.29 is 9.59 Å². The number of benzene rings is 2. The van der Waals surface area contributed by atoms with Crippen LogP contribution in [0, 0.1) is 17.8 Å². The van der Waals surface area contributed by atoms with Crippen molar-refractivity contribution in [2.45, 2.75) is 63.5 Å². The molecule has 2 fully saturated rings. The van der Waals surface area contributed by atoms with E-state index in [1.165, 1.54) is 44.1 Å². The average Bonchev–Trinajstić information content (AvgIpc) is 2.82. The normalized spacial score (nSPS) is 21.0. The van der Waals surface area contributed by atoms with Gasteiger partial charge < -0.3 is 9.59 Å². The van der Waals surface area contributed by atoms with Gasteiger partial charge in [0.15, 0.2) is 5.60 Å². The zero-order chi connectivity index (χ0) is 21.6. The van der Waals surface area contributed by atoms with Gasteiger partial charge in [-0.3, -0.25) is 0 Å². The number of rotatable bonds is 5. The lowest BCUT2D eigenvalue weighted by atomic mass is 9.73. The predicted octanol–water partition coefficient (Wildman–Crippen LogP) is 6.31. The number of halogens is 1. The maximum atomic E-state index is 11.9. The molecule has 1 N–H and O–H groups in total. The van der Waals surface area contributed by atoms with Crippen molar-refractivity contribution in [3.63, 3.8) is 0 Å². The number of quaternary nitrogens is 1. The molecule has 0 unspecified atom stereocenters. The molecule has 0 aromatic heterocycles. The molecule has 1 saturated heterocycles. The highest BCUT2D eigenvalue weighted by atomic mass is 35.5. The monoisotopic (exact) mass is 436 g/mol. The van der Waals surface area contributed by atoms with Crippen LogP contribution in [0.4, 0.5) is 0 Å². The Hall–Kier alpha value is -1.79. The summed E-state index contributed by atoms with van der Waals surface area (Å²) >= 11 is 6.51. The topological polar surface area (TPSA) is 20.2 Å². The van der Waals surface area contributed by atoms with Crippen molar-refractivity contribution in [3.05, 3.63) is 70.7 Å². The maximum Gasteiger partial charge on any atom is 0.153 e. The lowest BCUT2D eigenvalue weighted by molar-refractivity contribution is -0.938. The Bertz CT molecular complexity index is 903. The van der Waals surface area contributed by atoms with Gasteiger partial charge in [-0.25, -0.2) is 0 Å². The van der Waals surface area contributed by atoms with Gasteiger partial charge in [0.05, 0.1) is 13.1 Å². The molecular formula is C28H35ClNO+. The van der Waals surface area contributed by atoms with Gasteiger partial charge >= 0.3 is 0 Å². The highest BCUT2D eigenvalue weighted by molar-refractivity contribution is 6.31. The molecule has 0 spiro atoms. The van der Waals surface area contributed by atoms with Gasteiger partial charge in [0.1, 0.15) is 13.1 Å². The Kier molecular flexibility index (Phi) is 7.39. The molecule has 4 rings (SSSR count). The highest BCUT2D eigenvalue weighted by Crippen LogP contribution is 2.39. The van der Waals surface area contributed by atoms with Crippen LogP contribution in [0.1, 0.15) is 62.5 Å². The van der Waals surface area contributed by atoms with E-state index in [4.69, 9.17) is 11.6 Å². The van der Waals surface area contributed by atoms with Gasteiger partial charge in [0.2, 0.25) is 0 Å². The predicted molar refractivity (Wildman–Crippen MR) is 129 cm³/mol. The van der Waals surface area contributed by atoms with Crippen molar-refractivity contribution in [2.75, 3.05) is 19.6 Å². The van der Waals surface area contributed by atoms with Crippen molar-refractivity contribution in [1.29, 1.82) is 0 Å². The van der Waals surface area contributed by atoms with Crippen LogP contribution in [0.5, 0.6) is 0 Å². The molecule has 1 aliphatic heterocycles. The van der Waals surface area contributed by atoms with E-state index in [2.05, 4.69) is 24.0 Å². The Morgan fingerprint density at radius 3 is 2.23 bits per heavy atom. The van der Waals surface area contributed by atoms with Crippen LogP contribution in [0.15, 0.2) is 54.6 Å². The molecule has 1 saturated carbocycles. The van der Waals surface area contributed by atoms with Crippen molar-refractivity contribution >= 4 is 11.6 Å². The summed E-state index contributed by atoms with van der Waals surface area (Å²) in [4.78, 5) is 0. The first kappa shape index (κ1) is 22.4. The van der Waals surface area contributed by atoms with Gasteiger partial charge in [-0.1, -0.05) is 85.3 Å². The van der Waals surface area contributed by atoms with Crippen LogP contribution in [-0.2, 0) is 12.1 Å². The summed E-state index contributed by atoms with van der Waals surface area (Å²) in [6, 6.07) is 18.3. The maximum absolute atomic E-state index is 11.9. The molecule has 2 nitrogen and oxygen atoms in total. The van der Waals surface area contributed by atoms with Crippen LogP contribution >= 0.6 is 11.6 Å². The Morgan fingerprint density at radius 2 is 1.52 bits per heavy atom. The van der Waals surface area contributed by atoms with E-state index >= 15 is 0 Å². The SMILES string of the molecule is O[C@](C#CC[N+]1(Cc2ccccc2Cl)CCCCC1)(c1ccccc1)C1CCCCC1. The number of hydrogen-bond donors (Lipinski definition) is 1. The first-order chi connectivity index (χ1) is 15.1. The van der Waals surface area contributed by atoms with E-state index in [1.54, 1.807) is 0 Å². The number of hydrogen-bond acceptors (Lipinski definition) is 1. The van der Waals surface area contributed by atoms with E-state index in [-0.39, 0.29) is 5.92 Å². The minimum absolute atomic E-state index is 0.217. The van der Waals surface area contributed by atoms with E-state index in [0.717, 1.165) is 54.1 Å². The number of likely N-dealkylation sites (tertiary alicyclic amines) is 1. The second-order valence-corrected chi connectivity index (χ2v) is 9.93. The third kappa shape index (κ3) is 5.35. The van der Waals surface area contributed by atoms with Crippen LogP contribution in [0.25, 0.3) is 0 Å². The highest BCUT2D eigenvalue weighted by Gasteiger charge is 2.38. The summed E-state index contributed by atoms with van der Waals surface area (Å²) in [5.74, 6) is 7.13. The molecule has 3 heteroatoms. The quantitative estimate of drug-likeness (QED) is 0.430. The van der Waals surface area contributed by atoms with E-state index in [9.17, 15) is 5.11 Å². The first-order valence-corrected chi connectivity index (χ1v) is 12.4. The van der Waals surface area contributed by atoms with Gasteiger partial charge in [-0.2, -0.15) is 0 Å². The molecule has 2 aliphatic rings. The van der Waals surface area contributed by atoms with Crippen LogP contribution in [0.2, 0.25) is 5.02 Å². The second-order valence-electron chi connectivity index (χ2n) is 9.53. The summed E-state index contributed by atoms with van der Waals surface area (Å²) in [5, 5.41) is 12.7. The molecule has 1 atom stereocenters. The van der Waals surface area contributed by atoms with Crippen LogP contribution < -0.4 is 0 Å². The average molecular weight is 437 g/mol. The molecule has 2 aromatic rings. The lowest BCUT2D eigenvalue weighted by Gasteiger charge is -2.40. The molecule has 0 bridgehead atoms. The number of piperidine rings is 1. The van der Waals surface area contributed by atoms with E-state index in [0.29, 0.717) is 0 Å². The minimum Gasteiger partial charge on any atom is -0.373 e. The fourth-order valence-corrected chi connectivity index (χ4v) is 5.70. The smallest absolute Gasteiger partial charge is 0.153 e. The Morgan fingerprint density at radius 1 is 0.871 bits per heavy atom. The zero-order valence-corrected chi connectivity index (χ0v) is 19.3. The largest absolute Gasteiger partial charge is 0.373 e. The van der Waals surface area contributed by atoms with Crippen LogP contribution in [0.3, 0.4) is 0 Å². The van der Waals surface area contributed by atoms with E-state index in [1.807, 2.05) is 42.5 Å². The fraction of sp³-hybridized carbons (Fsp3) is 0.500. The fourth-order valence-electron chi connectivity index (χ4n) is 5.51. The zero-order valence-electron chi connectivity index (χ0n) is 18.5. The van der Waals surface area contributed by atoms with Crippen molar-refractivity contribution in [1.82, 2.24) is 0 Å². The summed E-state index contributed by atoms with van der Waals surface area (Å²) in [6.07, 6.45) is 9.52. The van der Waals surface area contributed by atoms with Gasteiger partial charge in [0, 0.05) is 16.5 Å². The van der Waals surface area contributed by atoms with E-state index < -0.39 is 5.60 Å². The Labute approximate surface area is 192 Å². The molecule has 1 aliphatic carbocycles. The molecule has 0 amide bonds. The molecule has 0 radical (unpaired) electrons. The van der Waals surface area contributed by atoms with Gasteiger partial charge in [-0.05, 0) is 49.7 Å². The molecule has 164 valence electrons. The minimum atomic E-state index is -1.05. The molecule has 1 heterocycles. The Balaban J connectivity index is 1.60. The summed E-state index contributed by atoms with van der Waals surface area (Å²) in [5.41, 5.74) is 1.11. The molecule has 31 heavy (non-hydrogen) atoms. The summed E-state index contributed by atoms with van der Waals surface area (Å²) in [7, 11) is 0. The standard InChI is InChI=1S/C28H35ClNO/c29-27-18-9-8-13-24(27)23-30(20-10-3-11-21-30)22-12-19-28(31,25-14-4-1-5-15-25)26-16-6-2-7-17-26/h1,4-5,8-9,13-15,18,26,31H,2-3,6-7,10-11,16-17,20-23H2/q+1/t28-/m1/s1. The lowest BCUT2D eigenvalue weighted by Crippen LogP contribution is -2.51. The third-order valence-electron chi connectivity index (χ3n) is 7.33. The molecule has 2 aromatic carbocycles. The summed E-state index contributed by atoms with van der Waals surface area (Å²) < 4.78 is 0.951. The van der Waals surface area contributed by atoms with Crippen molar-refractivity contribution in [2.24, 2.45) is 5.92 Å². The van der Waals surface area contributed by atoms with Crippen LogP contribution in [-0.4, -0.2) is 29.2 Å². The first-order valence-electron chi connectivity index (χ1n) is 12.0. The number of aliphatic hydroxyl groups is 1. The molecular weight excluding hydrogens is 402 g/mol. The number of nitrogens with zero attached hydrogens (tertiary/aromatic N) is 1. The van der Waals surface area contributed by atoms with Crippen molar-refractivity contribution in [3.8, 4) is 11.8 Å². The van der Waals surface area contributed by atoms with Gasteiger partial charge in [0.25, 0.3) is 0 Å².